The molecular weight excluding hydrogens is 565 g/mol. The van der Waals surface area contributed by atoms with Gasteiger partial charge in [-0.3, -0.25) is 4.57 Å². The highest BCUT2D eigenvalue weighted by Crippen LogP contribution is 2.24. The number of aryl methyl sites for hydroxylation is 2. The molecule has 0 unspecified atom stereocenters. The topological polar surface area (TPSA) is 86.3 Å². The van der Waals surface area contributed by atoms with E-state index in [1.54, 1.807) is 6.08 Å². The van der Waals surface area contributed by atoms with E-state index < -0.39 is 12.4 Å². The van der Waals surface area contributed by atoms with Gasteiger partial charge in [0.15, 0.2) is 10.6 Å². The molecule has 0 radical (unpaired) electrons. The second-order valence-electron chi connectivity index (χ2n) is 9.05. The van der Waals surface area contributed by atoms with Gasteiger partial charge in [-0.15, -0.1) is 29.6 Å². The van der Waals surface area contributed by atoms with Crippen LogP contribution < -0.4 is 14.9 Å². The highest BCUT2D eigenvalue weighted by atomic mass is 32.1. The number of benzene rings is 3. The summed E-state index contributed by atoms with van der Waals surface area (Å²) in [7, 11) is 0. The molecule has 0 fully saturated rings. The van der Waals surface area contributed by atoms with Crippen LogP contribution in [0.4, 0.5) is 18.0 Å². The van der Waals surface area contributed by atoms with Crippen LogP contribution in [0.15, 0.2) is 95.7 Å². The fourth-order valence-electron chi connectivity index (χ4n) is 4.18. The van der Waals surface area contributed by atoms with Crippen LogP contribution in [0.1, 0.15) is 23.7 Å². The molecule has 2 heterocycles. The Hall–Kier alpha value is -4.97. The van der Waals surface area contributed by atoms with Crippen LogP contribution in [0, 0.1) is 6.92 Å². The lowest BCUT2D eigenvalue weighted by Crippen LogP contribution is -2.21. The van der Waals surface area contributed by atoms with Crippen LogP contribution in [-0.2, 0) is 6.42 Å². The van der Waals surface area contributed by atoms with E-state index in [0.717, 1.165) is 28.9 Å². The van der Waals surface area contributed by atoms with Crippen molar-refractivity contribution in [2.24, 2.45) is 4.99 Å². The van der Waals surface area contributed by atoms with E-state index in [9.17, 15) is 18.0 Å². The maximum Gasteiger partial charge on any atom is 0.573 e. The van der Waals surface area contributed by atoms with Gasteiger partial charge >= 0.3 is 12.4 Å². The van der Waals surface area contributed by atoms with E-state index >= 15 is 0 Å². The number of nitrogens with one attached hydrogen (secondary N) is 1. The zero-order valence-corrected chi connectivity index (χ0v) is 23.4. The number of ether oxygens (including phenoxy) is 1. The normalized spacial score (nSPS) is 12.2. The molecule has 8 nitrogen and oxygen atoms in total. The number of carbonyl (C=O) groups excluding carboxylic acids is 1. The summed E-state index contributed by atoms with van der Waals surface area (Å²) in [6.07, 6.45) is 0.861. The van der Waals surface area contributed by atoms with Gasteiger partial charge in [0, 0.05) is 22.8 Å². The Kier molecular flexibility index (Phi) is 8.34. The number of amides is 2. The summed E-state index contributed by atoms with van der Waals surface area (Å²) in [5.74, 6) is 0.126. The number of aromatic nitrogens is 4. The van der Waals surface area contributed by atoms with E-state index in [1.165, 1.54) is 58.4 Å². The highest BCUT2D eigenvalue weighted by molar-refractivity contribution is 7.07. The average molecular weight is 591 g/mol. The highest BCUT2D eigenvalue weighted by Gasteiger charge is 2.31. The van der Waals surface area contributed by atoms with Gasteiger partial charge in [-0.25, -0.2) is 14.5 Å². The molecule has 2 amide bonds. The molecule has 5 aromatic rings. The van der Waals surface area contributed by atoms with Gasteiger partial charge in [-0.05, 0) is 60.9 Å². The first-order valence-electron chi connectivity index (χ1n) is 12.9. The van der Waals surface area contributed by atoms with E-state index in [0.29, 0.717) is 16.3 Å². The lowest BCUT2D eigenvalue weighted by Gasteiger charge is -2.10. The monoisotopic (exact) mass is 590 g/mol. The van der Waals surface area contributed by atoms with E-state index in [4.69, 9.17) is 0 Å². The van der Waals surface area contributed by atoms with Crippen LogP contribution in [-0.4, -0.2) is 31.7 Å². The minimum Gasteiger partial charge on any atom is -0.406 e. The Balaban J connectivity index is 1.23. The molecule has 42 heavy (non-hydrogen) atoms. The Morgan fingerprint density at radius 3 is 2.52 bits per heavy atom. The van der Waals surface area contributed by atoms with E-state index in [-0.39, 0.29) is 5.75 Å². The molecule has 0 bridgehead atoms. The van der Waals surface area contributed by atoms with Crippen LogP contribution >= 0.6 is 11.3 Å². The minimum atomic E-state index is -4.75. The lowest BCUT2D eigenvalue weighted by molar-refractivity contribution is -0.274. The van der Waals surface area contributed by atoms with Crippen molar-refractivity contribution in [3.05, 3.63) is 112 Å². The molecule has 0 saturated carbocycles. The Morgan fingerprint density at radius 1 is 1.07 bits per heavy atom. The molecule has 0 aliphatic rings. The van der Waals surface area contributed by atoms with Gasteiger partial charge in [-0.1, -0.05) is 49.4 Å². The molecule has 3 aromatic carbocycles. The second kappa shape index (κ2) is 12.3. The smallest absolute Gasteiger partial charge is 0.406 e. The molecule has 12 heteroatoms. The number of hydrogen-bond acceptors (Lipinski definition) is 5. The van der Waals surface area contributed by atoms with Gasteiger partial charge in [0.1, 0.15) is 12.1 Å². The first kappa shape index (κ1) is 28.6. The van der Waals surface area contributed by atoms with Crippen molar-refractivity contribution >= 4 is 23.4 Å². The molecule has 1 N–H and O–H groups in total. The summed E-state index contributed by atoms with van der Waals surface area (Å²) in [5.41, 5.74) is 5.27. The first-order chi connectivity index (χ1) is 20.2. The van der Waals surface area contributed by atoms with Crippen LogP contribution in [0.25, 0.3) is 28.8 Å². The van der Waals surface area contributed by atoms with Crippen molar-refractivity contribution < 1.29 is 22.7 Å². The van der Waals surface area contributed by atoms with Crippen molar-refractivity contribution in [2.75, 3.05) is 0 Å². The molecule has 0 spiro atoms. The quantitative estimate of drug-likeness (QED) is 0.225. The number of alkyl halides is 3. The van der Waals surface area contributed by atoms with Crippen molar-refractivity contribution in [1.82, 2.24) is 24.6 Å². The lowest BCUT2D eigenvalue weighted by atomic mass is 10.1. The zero-order chi connectivity index (χ0) is 29.7. The Bertz CT molecular complexity index is 1790. The third-order valence-electron chi connectivity index (χ3n) is 6.17. The molecule has 2 aromatic heterocycles. The SMILES string of the molecule is CCc1ccccc1-n1c(C)csc1=NC(=O)N/C=C/c1ccc(-c2ncn(-c3ccc(OC(F)(F)F)cc3)n2)cc1. The molecule has 0 atom stereocenters. The fraction of sp³-hybridized carbons (Fsp3) is 0.133. The van der Waals surface area contributed by atoms with Gasteiger partial charge < -0.3 is 10.1 Å². The number of rotatable bonds is 7. The number of hydrogen-bond donors (Lipinski definition) is 1. The van der Waals surface area contributed by atoms with Crippen LogP contribution in [0.5, 0.6) is 5.75 Å². The molecule has 5 rings (SSSR count). The molecule has 0 saturated heterocycles. The number of nitrogens with zero attached hydrogens (tertiary/aromatic N) is 5. The summed E-state index contributed by atoms with van der Waals surface area (Å²) in [4.78, 5) is 21.7. The van der Waals surface area contributed by atoms with E-state index in [1.807, 2.05) is 59.3 Å². The predicted molar refractivity (Wildman–Crippen MR) is 154 cm³/mol. The third-order valence-corrected chi connectivity index (χ3v) is 7.11. The maximum absolute atomic E-state index is 12.6. The minimum absolute atomic E-state index is 0.317. The standard InChI is InChI=1S/C30H25F3N6O2S/c1-3-22-6-4-5-7-26(22)39-20(2)18-42-29(39)36-28(40)34-17-16-21-8-10-23(11-9-21)27-35-19-38(37-27)24-12-14-25(15-13-24)41-30(31,32)33/h4-19H,3H2,1-2H3,(H,34,40)/b17-16+,36-29?. The van der Waals surface area contributed by atoms with Crippen molar-refractivity contribution in [3.63, 3.8) is 0 Å². The summed E-state index contributed by atoms with van der Waals surface area (Å²) < 4.78 is 44.5. The number of urea groups is 1. The molecular formula is C30H25F3N6O2S. The van der Waals surface area contributed by atoms with Crippen LogP contribution in [0.3, 0.4) is 0 Å². The van der Waals surface area contributed by atoms with Gasteiger partial charge in [0.2, 0.25) is 0 Å². The number of halogens is 3. The van der Waals surface area contributed by atoms with Crippen molar-refractivity contribution in [3.8, 4) is 28.5 Å². The average Bonchev–Trinajstić information content (AvgIpc) is 3.60. The van der Waals surface area contributed by atoms with Gasteiger partial charge in [0.05, 0.1) is 11.4 Å². The predicted octanol–water partition coefficient (Wildman–Crippen LogP) is 6.84. The van der Waals surface area contributed by atoms with E-state index in [2.05, 4.69) is 38.1 Å². The Morgan fingerprint density at radius 2 is 1.81 bits per heavy atom. The van der Waals surface area contributed by atoms with Gasteiger partial charge in [-0.2, -0.15) is 4.99 Å². The first-order valence-corrected chi connectivity index (χ1v) is 13.7. The fourth-order valence-corrected chi connectivity index (χ4v) is 5.05. The van der Waals surface area contributed by atoms with Crippen molar-refractivity contribution in [1.29, 1.82) is 0 Å². The Labute approximate surface area is 243 Å². The number of thiazole rings is 1. The summed E-state index contributed by atoms with van der Waals surface area (Å²) in [6, 6.07) is 20.2. The summed E-state index contributed by atoms with van der Waals surface area (Å²) >= 11 is 1.40. The molecule has 0 aliphatic heterocycles. The van der Waals surface area contributed by atoms with Gasteiger partial charge in [0.25, 0.3) is 0 Å². The zero-order valence-electron chi connectivity index (χ0n) is 22.5. The number of carbonyl (C=O) groups is 1. The molecule has 0 aliphatic carbocycles. The largest absolute Gasteiger partial charge is 0.573 e. The molecule has 214 valence electrons. The number of para-hydroxylation sites is 1. The van der Waals surface area contributed by atoms with Crippen LogP contribution in [0.2, 0.25) is 0 Å². The maximum atomic E-state index is 12.6. The summed E-state index contributed by atoms with van der Waals surface area (Å²) in [5, 5.41) is 9.06. The third kappa shape index (κ3) is 6.84. The summed E-state index contributed by atoms with van der Waals surface area (Å²) in [6.45, 7) is 4.08. The second-order valence-corrected chi connectivity index (χ2v) is 9.88. The van der Waals surface area contributed by atoms with Crippen molar-refractivity contribution in [2.45, 2.75) is 26.6 Å².